The van der Waals surface area contributed by atoms with Gasteiger partial charge in [-0.3, -0.25) is 0 Å². The first-order valence-corrected chi connectivity index (χ1v) is 7.11. The van der Waals surface area contributed by atoms with Gasteiger partial charge in [0.25, 0.3) is 0 Å². The molecule has 0 saturated carbocycles. The molecular weight excluding hydrogens is 266 g/mol. The third kappa shape index (κ3) is 4.82. The number of nitrogens with zero attached hydrogens (tertiary/aromatic N) is 4. The monoisotopic (exact) mass is 289 g/mol. The van der Waals surface area contributed by atoms with Crippen LogP contribution in [0, 0.1) is 0 Å². The van der Waals surface area contributed by atoms with E-state index >= 15 is 0 Å². The average molecular weight is 289 g/mol. The zero-order chi connectivity index (χ0) is 15.3. The minimum atomic E-state index is 0.0452. The number of rotatable bonds is 6. The third-order valence-corrected chi connectivity index (χ3v) is 3.13. The summed E-state index contributed by atoms with van der Waals surface area (Å²) in [6.45, 7) is 7.78. The summed E-state index contributed by atoms with van der Waals surface area (Å²) in [5.74, 6) is 1.73. The standard InChI is InChI=1S/C15H23N5O/c1-15(2,3)16-11-14-17-18-19-20(14)9-8-12-6-5-7-13(10-12)21-4/h5-7,10,16H,8-9,11H2,1-4H3. The second-order valence-corrected chi connectivity index (χ2v) is 6.02. The van der Waals surface area contributed by atoms with Crippen LogP contribution in [0.15, 0.2) is 24.3 Å². The van der Waals surface area contributed by atoms with Crippen molar-refractivity contribution in [3.63, 3.8) is 0 Å². The summed E-state index contributed by atoms with van der Waals surface area (Å²) in [6, 6.07) is 8.06. The van der Waals surface area contributed by atoms with Crippen LogP contribution in [0.4, 0.5) is 0 Å². The molecule has 1 N–H and O–H groups in total. The fraction of sp³-hybridized carbons (Fsp3) is 0.533. The van der Waals surface area contributed by atoms with Crippen LogP contribution >= 0.6 is 0 Å². The topological polar surface area (TPSA) is 64.9 Å². The molecule has 1 aromatic carbocycles. The van der Waals surface area contributed by atoms with Gasteiger partial charge in [0.1, 0.15) is 5.75 Å². The molecular formula is C15H23N5O. The first-order chi connectivity index (χ1) is 9.98. The van der Waals surface area contributed by atoms with Crippen LogP contribution in [-0.2, 0) is 19.5 Å². The van der Waals surface area contributed by atoms with Gasteiger partial charge in [0.05, 0.1) is 13.7 Å². The van der Waals surface area contributed by atoms with E-state index < -0.39 is 0 Å². The highest BCUT2D eigenvalue weighted by Gasteiger charge is 2.12. The predicted octanol–water partition coefficient (Wildman–Crippen LogP) is 1.81. The van der Waals surface area contributed by atoms with E-state index in [-0.39, 0.29) is 5.54 Å². The number of aryl methyl sites for hydroxylation is 2. The maximum absolute atomic E-state index is 5.23. The number of ether oxygens (including phenoxy) is 1. The van der Waals surface area contributed by atoms with E-state index in [4.69, 9.17) is 4.74 Å². The van der Waals surface area contributed by atoms with Crippen molar-refractivity contribution in [1.29, 1.82) is 0 Å². The summed E-state index contributed by atoms with van der Waals surface area (Å²) < 4.78 is 7.08. The molecule has 0 bridgehead atoms. The quantitative estimate of drug-likeness (QED) is 0.878. The van der Waals surface area contributed by atoms with Crippen molar-refractivity contribution in [2.24, 2.45) is 0 Å². The van der Waals surface area contributed by atoms with Gasteiger partial charge in [-0.25, -0.2) is 4.68 Å². The number of aromatic nitrogens is 4. The molecule has 6 nitrogen and oxygen atoms in total. The molecule has 6 heteroatoms. The van der Waals surface area contributed by atoms with Gasteiger partial charge in [-0.1, -0.05) is 12.1 Å². The SMILES string of the molecule is COc1cccc(CCn2nnnc2CNC(C)(C)C)c1. The lowest BCUT2D eigenvalue weighted by Crippen LogP contribution is -2.36. The number of benzene rings is 1. The van der Waals surface area contributed by atoms with Crippen LogP contribution in [0.2, 0.25) is 0 Å². The Hall–Kier alpha value is -1.95. The molecule has 114 valence electrons. The van der Waals surface area contributed by atoms with Crippen molar-refractivity contribution in [3.8, 4) is 5.75 Å². The van der Waals surface area contributed by atoms with Crippen LogP contribution in [0.1, 0.15) is 32.2 Å². The van der Waals surface area contributed by atoms with E-state index in [9.17, 15) is 0 Å². The van der Waals surface area contributed by atoms with Gasteiger partial charge in [-0.15, -0.1) is 5.10 Å². The lowest BCUT2D eigenvalue weighted by Gasteiger charge is -2.19. The fourth-order valence-electron chi connectivity index (χ4n) is 1.93. The number of methoxy groups -OCH3 is 1. The summed E-state index contributed by atoms with van der Waals surface area (Å²) in [5.41, 5.74) is 1.25. The maximum Gasteiger partial charge on any atom is 0.165 e. The van der Waals surface area contributed by atoms with Crippen molar-refractivity contribution < 1.29 is 4.74 Å². The van der Waals surface area contributed by atoms with E-state index in [0.29, 0.717) is 6.54 Å². The molecule has 0 amide bonds. The van der Waals surface area contributed by atoms with Crippen LogP contribution in [0.5, 0.6) is 5.75 Å². The molecule has 0 unspecified atom stereocenters. The Labute approximate surface area is 125 Å². The average Bonchev–Trinajstić information content (AvgIpc) is 2.90. The van der Waals surface area contributed by atoms with Gasteiger partial charge in [0.2, 0.25) is 0 Å². The molecule has 0 spiro atoms. The molecule has 0 saturated heterocycles. The van der Waals surface area contributed by atoms with Crippen molar-refractivity contribution in [1.82, 2.24) is 25.5 Å². The molecule has 2 rings (SSSR count). The van der Waals surface area contributed by atoms with E-state index in [1.54, 1.807) is 7.11 Å². The van der Waals surface area contributed by atoms with E-state index in [2.05, 4.69) is 47.7 Å². The van der Waals surface area contributed by atoms with Gasteiger partial charge in [-0.2, -0.15) is 0 Å². The molecule has 0 aliphatic heterocycles. The van der Waals surface area contributed by atoms with Gasteiger partial charge in [0.15, 0.2) is 5.82 Å². The van der Waals surface area contributed by atoms with Gasteiger partial charge < -0.3 is 10.1 Å². The molecule has 0 aliphatic carbocycles. The number of hydrogen-bond acceptors (Lipinski definition) is 5. The minimum Gasteiger partial charge on any atom is -0.497 e. The Morgan fingerprint density at radius 1 is 1.29 bits per heavy atom. The van der Waals surface area contributed by atoms with Crippen molar-refractivity contribution in [2.45, 2.75) is 45.8 Å². The number of hydrogen-bond donors (Lipinski definition) is 1. The van der Waals surface area contributed by atoms with E-state index in [0.717, 1.165) is 24.5 Å². The van der Waals surface area contributed by atoms with Crippen molar-refractivity contribution in [3.05, 3.63) is 35.7 Å². The summed E-state index contributed by atoms with van der Waals surface area (Å²) >= 11 is 0. The van der Waals surface area contributed by atoms with Gasteiger partial charge in [-0.05, 0) is 55.3 Å². The molecule has 2 aromatic rings. The van der Waals surface area contributed by atoms with Crippen LogP contribution in [-0.4, -0.2) is 32.9 Å². The first-order valence-electron chi connectivity index (χ1n) is 7.11. The summed E-state index contributed by atoms with van der Waals surface area (Å²) in [6.07, 6.45) is 0.866. The summed E-state index contributed by atoms with van der Waals surface area (Å²) in [4.78, 5) is 0. The molecule has 0 radical (unpaired) electrons. The lowest BCUT2D eigenvalue weighted by atomic mass is 10.1. The first kappa shape index (κ1) is 15.4. The third-order valence-electron chi connectivity index (χ3n) is 3.13. The maximum atomic E-state index is 5.23. The zero-order valence-corrected chi connectivity index (χ0v) is 13.1. The van der Waals surface area contributed by atoms with Crippen molar-refractivity contribution in [2.75, 3.05) is 7.11 Å². The molecule has 1 aromatic heterocycles. The highest BCUT2D eigenvalue weighted by molar-refractivity contribution is 5.28. The summed E-state index contributed by atoms with van der Waals surface area (Å²) in [7, 11) is 1.68. The van der Waals surface area contributed by atoms with Gasteiger partial charge in [0, 0.05) is 12.1 Å². The fourth-order valence-corrected chi connectivity index (χ4v) is 1.93. The number of nitrogens with one attached hydrogen (secondary N) is 1. The highest BCUT2D eigenvalue weighted by atomic mass is 16.5. The minimum absolute atomic E-state index is 0.0452. The number of tetrazole rings is 1. The van der Waals surface area contributed by atoms with Crippen molar-refractivity contribution >= 4 is 0 Å². The van der Waals surface area contributed by atoms with E-state index in [1.165, 1.54) is 5.56 Å². The molecule has 21 heavy (non-hydrogen) atoms. The molecule has 0 atom stereocenters. The van der Waals surface area contributed by atoms with Gasteiger partial charge >= 0.3 is 0 Å². The Morgan fingerprint density at radius 2 is 2.10 bits per heavy atom. The Balaban J connectivity index is 1.95. The van der Waals surface area contributed by atoms with Crippen LogP contribution in [0.25, 0.3) is 0 Å². The second kappa shape index (κ2) is 6.67. The van der Waals surface area contributed by atoms with Crippen LogP contribution < -0.4 is 10.1 Å². The Morgan fingerprint density at radius 3 is 2.81 bits per heavy atom. The normalized spacial score (nSPS) is 11.6. The smallest absolute Gasteiger partial charge is 0.165 e. The van der Waals surface area contributed by atoms with Crippen LogP contribution in [0.3, 0.4) is 0 Å². The lowest BCUT2D eigenvalue weighted by molar-refractivity contribution is 0.407. The molecule has 1 heterocycles. The summed E-state index contributed by atoms with van der Waals surface area (Å²) in [5, 5.41) is 15.3. The Bertz CT molecular complexity index is 573. The predicted molar refractivity (Wildman–Crippen MR) is 81.1 cm³/mol. The largest absolute Gasteiger partial charge is 0.497 e. The Kier molecular flexibility index (Phi) is 4.90. The molecule has 0 fully saturated rings. The molecule has 0 aliphatic rings. The van der Waals surface area contributed by atoms with E-state index in [1.807, 2.05) is 22.9 Å². The zero-order valence-electron chi connectivity index (χ0n) is 13.1. The highest BCUT2D eigenvalue weighted by Crippen LogP contribution is 2.13. The second-order valence-electron chi connectivity index (χ2n) is 6.02.